The fraction of sp³-hybridized carbons (Fsp3) is 0.500. The van der Waals surface area contributed by atoms with Gasteiger partial charge in [-0.15, -0.1) is 6.92 Å². The fourth-order valence-corrected chi connectivity index (χ4v) is 1.99. The Kier molecular flexibility index (Phi) is 3.75. The van der Waals surface area contributed by atoms with E-state index in [1.807, 2.05) is 0 Å². The maximum atomic E-state index is 3.42. The molecule has 0 aromatic heterocycles. The monoisotopic (exact) mass is 239 g/mol. The summed E-state index contributed by atoms with van der Waals surface area (Å²) in [7, 11) is 1.16. The average molecular weight is 238 g/mol. The second-order valence-corrected chi connectivity index (χ2v) is 3.80. The molecular weight excluding hydrogens is 225 g/mol. The molecule has 0 aliphatic heterocycles. The zero-order valence-corrected chi connectivity index (χ0v) is 10.7. The molecule has 0 saturated carbocycles. The first-order valence-electron chi connectivity index (χ1n) is 3.40. The SMILES string of the molecule is CC1=C(C)C(C)[C-]=C1[SiH3].[Ru+]. The van der Waals surface area contributed by atoms with Gasteiger partial charge in [0.15, 0.2) is 0 Å². The van der Waals surface area contributed by atoms with Crippen LogP contribution in [0, 0.1) is 12.0 Å². The maximum Gasteiger partial charge on any atom is 1.00 e. The predicted octanol–water partition coefficient (Wildman–Crippen LogP) is 1.02. The van der Waals surface area contributed by atoms with Crippen LogP contribution in [0.3, 0.4) is 0 Å². The molecule has 0 nitrogen and oxygen atoms in total. The van der Waals surface area contributed by atoms with Crippen molar-refractivity contribution in [3.05, 3.63) is 22.4 Å². The molecule has 0 bridgehead atoms. The first-order valence-corrected chi connectivity index (χ1v) is 4.40. The molecule has 1 aliphatic rings. The smallest absolute Gasteiger partial charge is 0.271 e. The summed E-state index contributed by atoms with van der Waals surface area (Å²) in [5.74, 6) is 0.595. The van der Waals surface area contributed by atoms with Crippen LogP contribution in [-0.4, -0.2) is 10.2 Å². The number of hydrogen-bond donors (Lipinski definition) is 0. The van der Waals surface area contributed by atoms with E-state index in [4.69, 9.17) is 0 Å². The van der Waals surface area contributed by atoms with Gasteiger partial charge in [-0.2, -0.15) is 5.57 Å². The van der Waals surface area contributed by atoms with Gasteiger partial charge in [0.2, 0.25) is 0 Å². The largest absolute Gasteiger partial charge is 1.00 e. The Morgan fingerprint density at radius 3 is 2.00 bits per heavy atom. The third kappa shape index (κ3) is 1.67. The first kappa shape index (κ1) is 10.3. The third-order valence-corrected chi connectivity index (χ3v) is 3.28. The molecule has 1 radical (unpaired) electrons. The van der Waals surface area contributed by atoms with Gasteiger partial charge < -0.3 is 0 Å². The summed E-state index contributed by atoms with van der Waals surface area (Å²) in [4.78, 5) is 0. The topological polar surface area (TPSA) is 0 Å². The summed E-state index contributed by atoms with van der Waals surface area (Å²) in [6.45, 7) is 6.62. The van der Waals surface area contributed by atoms with Gasteiger partial charge in [0.25, 0.3) is 0 Å². The number of hydrogen-bond acceptors (Lipinski definition) is 0. The molecule has 1 unspecified atom stereocenters. The molecule has 1 aliphatic carbocycles. The van der Waals surface area contributed by atoms with Crippen molar-refractivity contribution in [2.75, 3.05) is 0 Å². The summed E-state index contributed by atoms with van der Waals surface area (Å²) in [6.07, 6.45) is 3.42. The van der Waals surface area contributed by atoms with Gasteiger partial charge in [-0.3, -0.25) is 6.08 Å². The van der Waals surface area contributed by atoms with E-state index in [1.54, 1.807) is 0 Å². The van der Waals surface area contributed by atoms with E-state index in [2.05, 4.69) is 26.8 Å². The average Bonchev–Trinajstić information content (AvgIpc) is 1.98. The van der Waals surface area contributed by atoms with Crippen LogP contribution in [0.1, 0.15) is 20.8 Å². The summed E-state index contributed by atoms with van der Waals surface area (Å²) in [5.41, 5.74) is 3.01. The third-order valence-electron chi connectivity index (χ3n) is 2.24. The van der Waals surface area contributed by atoms with Crippen molar-refractivity contribution in [3.63, 3.8) is 0 Å². The van der Waals surface area contributed by atoms with Crippen molar-refractivity contribution in [2.24, 2.45) is 5.92 Å². The zero-order chi connectivity index (χ0) is 7.02. The van der Waals surface area contributed by atoms with Crippen LogP contribution in [0.2, 0.25) is 0 Å². The molecule has 0 amide bonds. The van der Waals surface area contributed by atoms with E-state index in [0.717, 1.165) is 10.2 Å². The molecule has 0 saturated heterocycles. The van der Waals surface area contributed by atoms with E-state index in [9.17, 15) is 0 Å². The van der Waals surface area contributed by atoms with Crippen LogP contribution in [0.25, 0.3) is 0 Å². The first-order chi connectivity index (χ1) is 4.13. The Labute approximate surface area is 79.0 Å². The molecule has 0 N–H and O–H groups in total. The van der Waals surface area contributed by atoms with Crippen LogP contribution in [-0.2, 0) is 19.5 Å². The van der Waals surface area contributed by atoms with Crippen molar-refractivity contribution in [3.8, 4) is 0 Å². The molecule has 1 rings (SSSR count). The van der Waals surface area contributed by atoms with Gasteiger partial charge in [-0.05, 0) is 10.2 Å². The van der Waals surface area contributed by atoms with Crippen LogP contribution < -0.4 is 0 Å². The van der Waals surface area contributed by atoms with Gasteiger partial charge in [-0.25, -0.2) is 10.8 Å². The minimum Gasteiger partial charge on any atom is -0.271 e. The van der Waals surface area contributed by atoms with Gasteiger partial charge in [-0.1, -0.05) is 19.8 Å². The van der Waals surface area contributed by atoms with Crippen LogP contribution >= 0.6 is 0 Å². The summed E-state index contributed by atoms with van der Waals surface area (Å²) in [5, 5.41) is 1.47. The molecule has 0 aromatic rings. The van der Waals surface area contributed by atoms with Gasteiger partial charge in [0.05, 0.1) is 0 Å². The maximum absolute atomic E-state index is 3.42. The van der Waals surface area contributed by atoms with Crippen molar-refractivity contribution >= 4 is 10.2 Å². The van der Waals surface area contributed by atoms with Gasteiger partial charge in [0.1, 0.15) is 0 Å². The molecule has 57 valence electrons. The van der Waals surface area contributed by atoms with E-state index < -0.39 is 0 Å². The van der Waals surface area contributed by atoms with Crippen molar-refractivity contribution in [1.82, 2.24) is 0 Å². The van der Waals surface area contributed by atoms with E-state index >= 15 is 0 Å². The Morgan fingerprint density at radius 2 is 1.90 bits per heavy atom. The molecule has 0 aromatic carbocycles. The van der Waals surface area contributed by atoms with Gasteiger partial charge in [0, 0.05) is 0 Å². The van der Waals surface area contributed by atoms with E-state index in [1.165, 1.54) is 16.3 Å². The van der Waals surface area contributed by atoms with Crippen molar-refractivity contribution < 1.29 is 19.5 Å². The fourth-order valence-electron chi connectivity index (χ4n) is 1.16. The Bertz CT molecular complexity index is 191. The molecule has 10 heavy (non-hydrogen) atoms. The Morgan fingerprint density at radius 1 is 1.40 bits per heavy atom. The summed E-state index contributed by atoms with van der Waals surface area (Å²) >= 11 is 0. The Balaban J connectivity index is 0.000000810. The summed E-state index contributed by atoms with van der Waals surface area (Å²) in [6, 6.07) is 0. The molecular formula is C8H13RuSi. The van der Waals surface area contributed by atoms with Gasteiger partial charge >= 0.3 is 19.5 Å². The van der Waals surface area contributed by atoms with Crippen LogP contribution in [0.5, 0.6) is 0 Å². The normalized spacial score (nSPS) is 24.7. The second-order valence-electron chi connectivity index (χ2n) is 2.80. The number of allylic oxidation sites excluding steroid dienone is 4. The molecule has 0 spiro atoms. The molecule has 0 fully saturated rings. The number of rotatable bonds is 0. The second kappa shape index (κ2) is 3.64. The van der Waals surface area contributed by atoms with E-state index in [-0.39, 0.29) is 19.5 Å². The van der Waals surface area contributed by atoms with Crippen molar-refractivity contribution in [2.45, 2.75) is 20.8 Å². The van der Waals surface area contributed by atoms with Crippen molar-refractivity contribution in [1.29, 1.82) is 0 Å². The van der Waals surface area contributed by atoms with Crippen LogP contribution in [0.15, 0.2) is 16.3 Å². The molecule has 2 heteroatoms. The van der Waals surface area contributed by atoms with E-state index in [0.29, 0.717) is 5.92 Å². The van der Waals surface area contributed by atoms with Crippen LogP contribution in [0.4, 0.5) is 0 Å². The zero-order valence-electron chi connectivity index (χ0n) is 6.93. The molecule has 0 heterocycles. The Hall–Kier alpha value is 0.320. The minimum absolute atomic E-state index is 0. The standard InChI is InChI=1S/C8H13Si.Ru/c1-5-4-8(9)7(3)6(5)2;/h5H,1-3,9H3;/q-1;+1. The minimum atomic E-state index is 0. The summed E-state index contributed by atoms with van der Waals surface area (Å²) < 4.78 is 0. The predicted molar refractivity (Wildman–Crippen MR) is 44.2 cm³/mol. The quantitative estimate of drug-likeness (QED) is 0.437. The molecule has 1 atom stereocenters.